The van der Waals surface area contributed by atoms with Crippen LogP contribution in [0.2, 0.25) is 0 Å². The van der Waals surface area contributed by atoms with Crippen molar-refractivity contribution in [1.29, 1.82) is 0 Å². The number of ether oxygens (including phenoxy) is 2. The second kappa shape index (κ2) is 36.8. The molecular formula is C46H85O13P. The smallest absolute Gasteiger partial charge is 0.462 e. The third-order valence-corrected chi connectivity index (χ3v) is 12.0. The maximum atomic E-state index is 12.8. The minimum absolute atomic E-state index is 0.0980. The topological polar surface area (TPSA) is 210 Å². The predicted octanol–water partition coefficient (Wildman–Crippen LogP) is 9.23. The number of phosphoric acid groups is 1. The summed E-state index contributed by atoms with van der Waals surface area (Å²) in [7, 11) is -5.12. The van der Waals surface area contributed by atoms with Crippen LogP contribution < -0.4 is 0 Å². The molecule has 8 atom stereocenters. The van der Waals surface area contributed by atoms with E-state index in [2.05, 4.69) is 38.2 Å². The Morgan fingerprint density at radius 2 is 0.917 bits per heavy atom. The zero-order valence-electron chi connectivity index (χ0n) is 37.3. The van der Waals surface area contributed by atoms with E-state index in [-0.39, 0.29) is 12.8 Å². The van der Waals surface area contributed by atoms with Crippen molar-refractivity contribution in [3.05, 3.63) is 24.3 Å². The quantitative estimate of drug-likeness (QED) is 0.0147. The van der Waals surface area contributed by atoms with E-state index in [0.29, 0.717) is 12.8 Å². The molecule has 60 heavy (non-hydrogen) atoms. The van der Waals surface area contributed by atoms with Crippen LogP contribution in [-0.2, 0) is 32.7 Å². The molecule has 0 aromatic heterocycles. The van der Waals surface area contributed by atoms with Crippen molar-refractivity contribution in [2.24, 2.45) is 0 Å². The van der Waals surface area contributed by atoms with Gasteiger partial charge in [-0.2, -0.15) is 0 Å². The van der Waals surface area contributed by atoms with E-state index < -0.39 is 75.7 Å². The molecule has 14 heteroatoms. The SMILES string of the molecule is CCCC/C=C/C/C=C/CCCCCCCC(=O)OC[C@H](COP(=O)(O)OC1C(O)C(O)C(O)[C@@H](O)C1O)OC(=O)CCCCCCCCCCCCCCCCCCC. The van der Waals surface area contributed by atoms with Gasteiger partial charge in [-0.3, -0.25) is 18.6 Å². The summed E-state index contributed by atoms with van der Waals surface area (Å²) < 4.78 is 33.5. The van der Waals surface area contributed by atoms with Crippen molar-refractivity contribution < 1.29 is 63.1 Å². The third-order valence-electron chi connectivity index (χ3n) is 11.0. The van der Waals surface area contributed by atoms with Gasteiger partial charge in [0, 0.05) is 12.8 Å². The van der Waals surface area contributed by atoms with E-state index in [1.807, 2.05) is 0 Å². The van der Waals surface area contributed by atoms with Crippen molar-refractivity contribution in [2.75, 3.05) is 13.2 Å². The van der Waals surface area contributed by atoms with Crippen molar-refractivity contribution in [1.82, 2.24) is 0 Å². The molecule has 1 aliphatic carbocycles. The summed E-state index contributed by atoms with van der Waals surface area (Å²) in [6, 6.07) is 0. The highest BCUT2D eigenvalue weighted by atomic mass is 31.2. The number of hydrogen-bond acceptors (Lipinski definition) is 12. The highest BCUT2D eigenvalue weighted by Gasteiger charge is 2.51. The number of hydrogen-bond donors (Lipinski definition) is 6. The molecule has 1 aliphatic rings. The largest absolute Gasteiger partial charge is 0.472 e. The molecule has 1 fully saturated rings. The molecule has 6 N–H and O–H groups in total. The molecule has 0 aromatic rings. The zero-order chi connectivity index (χ0) is 44.3. The molecule has 0 saturated heterocycles. The van der Waals surface area contributed by atoms with Gasteiger partial charge in [0.2, 0.25) is 0 Å². The molecule has 6 unspecified atom stereocenters. The molecule has 352 valence electrons. The van der Waals surface area contributed by atoms with Crippen LogP contribution in [0.15, 0.2) is 24.3 Å². The minimum Gasteiger partial charge on any atom is -0.462 e. The van der Waals surface area contributed by atoms with Gasteiger partial charge in [-0.15, -0.1) is 0 Å². The van der Waals surface area contributed by atoms with Gasteiger partial charge < -0.3 is 39.9 Å². The van der Waals surface area contributed by atoms with Crippen LogP contribution in [0.25, 0.3) is 0 Å². The first-order valence-electron chi connectivity index (χ1n) is 23.6. The fourth-order valence-electron chi connectivity index (χ4n) is 7.19. The second-order valence-electron chi connectivity index (χ2n) is 16.6. The van der Waals surface area contributed by atoms with Gasteiger partial charge in [0.25, 0.3) is 0 Å². The summed E-state index contributed by atoms with van der Waals surface area (Å²) in [4.78, 5) is 35.7. The van der Waals surface area contributed by atoms with Crippen LogP contribution in [0.3, 0.4) is 0 Å². The molecule has 1 saturated carbocycles. The number of unbranched alkanes of at least 4 members (excludes halogenated alkanes) is 23. The number of allylic oxidation sites excluding steroid dienone is 4. The fourth-order valence-corrected chi connectivity index (χ4v) is 8.16. The van der Waals surface area contributed by atoms with Crippen LogP contribution in [0.4, 0.5) is 0 Å². The molecule has 0 aromatic carbocycles. The van der Waals surface area contributed by atoms with Crippen LogP contribution in [0, 0.1) is 0 Å². The van der Waals surface area contributed by atoms with E-state index >= 15 is 0 Å². The lowest BCUT2D eigenvalue weighted by atomic mass is 9.85. The molecule has 0 radical (unpaired) electrons. The van der Waals surface area contributed by atoms with Crippen molar-refractivity contribution in [3.8, 4) is 0 Å². The van der Waals surface area contributed by atoms with Crippen LogP contribution in [-0.4, -0.2) is 98.3 Å². The first-order valence-corrected chi connectivity index (χ1v) is 25.1. The third kappa shape index (κ3) is 28.8. The summed E-state index contributed by atoms with van der Waals surface area (Å²) >= 11 is 0. The van der Waals surface area contributed by atoms with E-state index in [9.17, 15) is 44.6 Å². The number of esters is 2. The molecule has 0 spiro atoms. The first-order chi connectivity index (χ1) is 28.9. The first kappa shape index (κ1) is 56.3. The van der Waals surface area contributed by atoms with E-state index in [0.717, 1.165) is 64.2 Å². The van der Waals surface area contributed by atoms with Gasteiger partial charge >= 0.3 is 19.8 Å². The summed E-state index contributed by atoms with van der Waals surface area (Å²) in [5.41, 5.74) is 0. The Morgan fingerprint density at radius 3 is 1.40 bits per heavy atom. The maximum absolute atomic E-state index is 12.8. The Hall–Kier alpha value is -1.67. The summed E-state index contributed by atoms with van der Waals surface area (Å²) in [5, 5.41) is 50.1. The monoisotopic (exact) mass is 877 g/mol. The Bertz CT molecular complexity index is 1150. The highest BCUT2D eigenvalue weighted by molar-refractivity contribution is 7.47. The van der Waals surface area contributed by atoms with Crippen molar-refractivity contribution >= 4 is 19.8 Å². The number of carbonyl (C=O) groups excluding carboxylic acids is 2. The van der Waals surface area contributed by atoms with Gasteiger partial charge in [-0.05, 0) is 38.5 Å². The average molecular weight is 877 g/mol. The second-order valence-corrected chi connectivity index (χ2v) is 18.0. The van der Waals surface area contributed by atoms with E-state index in [4.69, 9.17) is 18.5 Å². The molecule has 0 amide bonds. The summed E-state index contributed by atoms with van der Waals surface area (Å²) in [6.45, 7) is 3.26. The number of carbonyl (C=O) groups is 2. The van der Waals surface area contributed by atoms with Gasteiger partial charge in [-0.25, -0.2) is 4.57 Å². The van der Waals surface area contributed by atoms with Crippen LogP contribution in [0.5, 0.6) is 0 Å². The lowest BCUT2D eigenvalue weighted by Gasteiger charge is -2.41. The van der Waals surface area contributed by atoms with Crippen LogP contribution in [0.1, 0.15) is 200 Å². The Labute approximate surface area is 362 Å². The lowest BCUT2D eigenvalue weighted by Crippen LogP contribution is -2.64. The Kier molecular flexibility index (Phi) is 34.5. The normalized spacial score (nSPS) is 22.3. The van der Waals surface area contributed by atoms with Gasteiger partial charge in [0.1, 0.15) is 43.2 Å². The molecule has 1 rings (SSSR count). The molecule has 0 heterocycles. The van der Waals surface area contributed by atoms with Gasteiger partial charge in [0.15, 0.2) is 6.10 Å². The number of aliphatic hydroxyl groups is 5. The van der Waals surface area contributed by atoms with E-state index in [1.54, 1.807) is 0 Å². The molecule has 13 nitrogen and oxygen atoms in total. The lowest BCUT2D eigenvalue weighted by molar-refractivity contribution is -0.220. The van der Waals surface area contributed by atoms with E-state index in [1.165, 1.54) is 96.3 Å². The Morgan fingerprint density at radius 1 is 0.517 bits per heavy atom. The Balaban J connectivity index is 2.44. The molecular weight excluding hydrogens is 791 g/mol. The number of aliphatic hydroxyl groups excluding tert-OH is 5. The summed E-state index contributed by atoms with van der Waals surface area (Å²) in [6.07, 6.45) is 26.6. The zero-order valence-corrected chi connectivity index (χ0v) is 38.2. The van der Waals surface area contributed by atoms with Gasteiger partial charge in [-0.1, -0.05) is 173 Å². The number of rotatable bonds is 39. The highest BCUT2D eigenvalue weighted by Crippen LogP contribution is 2.47. The number of phosphoric ester groups is 1. The van der Waals surface area contributed by atoms with Crippen molar-refractivity contribution in [3.63, 3.8) is 0 Å². The predicted molar refractivity (Wildman–Crippen MR) is 235 cm³/mol. The van der Waals surface area contributed by atoms with Crippen molar-refractivity contribution in [2.45, 2.75) is 243 Å². The van der Waals surface area contributed by atoms with Crippen LogP contribution >= 0.6 is 7.82 Å². The summed E-state index contributed by atoms with van der Waals surface area (Å²) in [5.74, 6) is -1.11. The average Bonchev–Trinajstić information content (AvgIpc) is 3.23. The molecule has 0 bridgehead atoms. The minimum atomic E-state index is -5.12. The maximum Gasteiger partial charge on any atom is 0.472 e. The molecule has 0 aliphatic heterocycles. The van der Waals surface area contributed by atoms with Gasteiger partial charge in [0.05, 0.1) is 6.61 Å². The standard InChI is InChI=1S/C46H85O13P/c1-3-5-7-9-11-13-15-17-19-20-21-23-25-27-29-31-33-35-40(48)58-38(37-57-60(54,55)59-46-44(52)42(50)41(49)43(51)45(46)53)36-56-39(47)34-32-30-28-26-24-22-18-16-14-12-10-8-6-4-2/h10,12,16,18,38,41-46,49-53H,3-9,11,13-15,17,19-37H2,1-2H3,(H,54,55)/b12-10+,18-16+/t38-,41?,42-,43?,44?,45?,46?/m1/s1. The fraction of sp³-hybridized carbons (Fsp3) is 0.870.